The molecule has 0 amide bonds. The van der Waals surface area contributed by atoms with Crippen molar-refractivity contribution in [3.05, 3.63) is 18.3 Å². The number of hydrogen-bond donors (Lipinski definition) is 1. The Morgan fingerprint density at radius 3 is 2.88 bits per heavy atom. The fourth-order valence-electron chi connectivity index (χ4n) is 1.16. The first-order chi connectivity index (χ1) is 8.26. The number of unbranched alkanes of at least 4 members (excludes halogenated alkanes) is 1. The highest BCUT2D eigenvalue weighted by atomic mass is 16.5. The van der Waals surface area contributed by atoms with E-state index in [1.54, 1.807) is 25.4 Å². The Morgan fingerprint density at radius 2 is 2.29 bits per heavy atom. The Kier molecular flexibility index (Phi) is 5.85. The van der Waals surface area contributed by atoms with E-state index >= 15 is 0 Å². The number of aromatic nitrogens is 1. The van der Waals surface area contributed by atoms with E-state index in [1.807, 2.05) is 0 Å². The first-order valence-corrected chi connectivity index (χ1v) is 5.65. The molecule has 1 rings (SSSR count). The van der Waals surface area contributed by atoms with E-state index < -0.39 is 0 Å². The van der Waals surface area contributed by atoms with Crippen molar-refractivity contribution in [1.82, 2.24) is 4.98 Å². The molecule has 0 spiro atoms. The molecule has 0 saturated heterocycles. The van der Waals surface area contributed by atoms with Gasteiger partial charge in [0.05, 0.1) is 25.6 Å². The van der Waals surface area contributed by atoms with Crippen molar-refractivity contribution in [2.24, 2.45) is 0 Å². The van der Waals surface area contributed by atoms with E-state index in [9.17, 15) is 4.79 Å². The molecule has 0 saturated carbocycles. The zero-order chi connectivity index (χ0) is 12.5. The smallest absolute Gasteiger partial charge is 0.325 e. The van der Waals surface area contributed by atoms with Gasteiger partial charge in [0.2, 0.25) is 5.88 Å². The number of hydrogen-bond acceptors (Lipinski definition) is 5. The summed E-state index contributed by atoms with van der Waals surface area (Å²) in [5, 5.41) is 2.93. The van der Waals surface area contributed by atoms with Crippen molar-refractivity contribution < 1.29 is 14.3 Å². The molecule has 5 nitrogen and oxygen atoms in total. The largest absolute Gasteiger partial charge is 0.481 e. The molecule has 0 atom stereocenters. The van der Waals surface area contributed by atoms with Gasteiger partial charge in [-0.1, -0.05) is 13.3 Å². The third-order valence-corrected chi connectivity index (χ3v) is 2.14. The normalized spacial score (nSPS) is 9.76. The van der Waals surface area contributed by atoms with Crippen LogP contribution < -0.4 is 10.1 Å². The highest BCUT2D eigenvalue weighted by molar-refractivity contribution is 5.74. The standard InChI is InChI=1S/C12H18N2O3/c1-3-4-7-17-12(15)9-13-10-5-6-11(16-2)14-8-10/h5-6,8,13H,3-4,7,9H2,1-2H3. The van der Waals surface area contributed by atoms with Crippen LogP contribution in [-0.2, 0) is 9.53 Å². The van der Waals surface area contributed by atoms with Crippen LogP contribution in [0, 0.1) is 0 Å². The summed E-state index contributed by atoms with van der Waals surface area (Å²) < 4.78 is 9.93. The number of anilines is 1. The van der Waals surface area contributed by atoms with Crippen molar-refractivity contribution in [1.29, 1.82) is 0 Å². The zero-order valence-corrected chi connectivity index (χ0v) is 10.2. The summed E-state index contributed by atoms with van der Waals surface area (Å²) in [5.74, 6) is 0.287. The lowest BCUT2D eigenvalue weighted by atomic mass is 10.4. The molecule has 0 bridgehead atoms. The molecule has 0 aliphatic heterocycles. The molecule has 0 unspecified atom stereocenters. The number of methoxy groups -OCH3 is 1. The Morgan fingerprint density at radius 1 is 1.47 bits per heavy atom. The Labute approximate surface area is 101 Å². The highest BCUT2D eigenvalue weighted by Gasteiger charge is 2.02. The van der Waals surface area contributed by atoms with E-state index in [1.165, 1.54) is 0 Å². The van der Waals surface area contributed by atoms with Crippen LogP contribution in [0.3, 0.4) is 0 Å². The highest BCUT2D eigenvalue weighted by Crippen LogP contribution is 2.10. The first-order valence-electron chi connectivity index (χ1n) is 5.65. The van der Waals surface area contributed by atoms with Crippen molar-refractivity contribution >= 4 is 11.7 Å². The summed E-state index contributed by atoms with van der Waals surface area (Å²) in [5.41, 5.74) is 0.762. The molecule has 94 valence electrons. The third-order valence-electron chi connectivity index (χ3n) is 2.14. The second-order valence-corrected chi connectivity index (χ2v) is 3.52. The minimum atomic E-state index is -0.255. The minimum Gasteiger partial charge on any atom is -0.481 e. The van der Waals surface area contributed by atoms with Gasteiger partial charge in [0, 0.05) is 6.07 Å². The monoisotopic (exact) mass is 238 g/mol. The van der Waals surface area contributed by atoms with Gasteiger partial charge in [-0.3, -0.25) is 4.79 Å². The topological polar surface area (TPSA) is 60.5 Å². The van der Waals surface area contributed by atoms with Crippen LogP contribution in [0.15, 0.2) is 18.3 Å². The van der Waals surface area contributed by atoms with Gasteiger partial charge in [0.15, 0.2) is 0 Å². The maximum Gasteiger partial charge on any atom is 0.325 e. The molecule has 1 aromatic rings. The Bertz CT molecular complexity index is 338. The van der Waals surface area contributed by atoms with E-state index in [4.69, 9.17) is 9.47 Å². The van der Waals surface area contributed by atoms with Crippen LogP contribution >= 0.6 is 0 Å². The van der Waals surface area contributed by atoms with Crippen LogP contribution in [0.1, 0.15) is 19.8 Å². The molecule has 0 aliphatic carbocycles. The Balaban J connectivity index is 2.27. The number of nitrogens with zero attached hydrogens (tertiary/aromatic N) is 1. The van der Waals surface area contributed by atoms with E-state index in [2.05, 4.69) is 17.2 Å². The number of nitrogens with one attached hydrogen (secondary N) is 1. The van der Waals surface area contributed by atoms with Gasteiger partial charge < -0.3 is 14.8 Å². The number of pyridine rings is 1. The summed E-state index contributed by atoms with van der Waals surface area (Å²) >= 11 is 0. The van der Waals surface area contributed by atoms with Gasteiger partial charge in [-0.05, 0) is 12.5 Å². The van der Waals surface area contributed by atoms with E-state index in [0.717, 1.165) is 18.5 Å². The van der Waals surface area contributed by atoms with Crippen LogP contribution in [-0.4, -0.2) is 31.2 Å². The lowest BCUT2D eigenvalue weighted by Crippen LogP contribution is -2.17. The lowest BCUT2D eigenvalue weighted by Gasteiger charge is -2.07. The quantitative estimate of drug-likeness (QED) is 0.580. The molecule has 1 aromatic heterocycles. The summed E-state index contributed by atoms with van der Waals surface area (Å²) in [6.07, 6.45) is 3.52. The molecule has 17 heavy (non-hydrogen) atoms. The second-order valence-electron chi connectivity index (χ2n) is 3.52. The van der Waals surface area contributed by atoms with E-state index in [-0.39, 0.29) is 12.5 Å². The molecule has 0 radical (unpaired) electrons. The van der Waals surface area contributed by atoms with Crippen LogP contribution in [0.25, 0.3) is 0 Å². The van der Waals surface area contributed by atoms with E-state index in [0.29, 0.717) is 12.5 Å². The van der Waals surface area contributed by atoms with Crippen molar-refractivity contribution in [3.63, 3.8) is 0 Å². The van der Waals surface area contributed by atoms with Gasteiger partial charge in [-0.25, -0.2) is 4.98 Å². The average Bonchev–Trinajstić information content (AvgIpc) is 2.37. The first kappa shape index (κ1) is 13.3. The second kappa shape index (κ2) is 7.49. The number of esters is 1. The Hall–Kier alpha value is -1.78. The van der Waals surface area contributed by atoms with Crippen LogP contribution in [0.2, 0.25) is 0 Å². The third kappa shape index (κ3) is 5.19. The van der Waals surface area contributed by atoms with Crippen LogP contribution in [0.4, 0.5) is 5.69 Å². The zero-order valence-electron chi connectivity index (χ0n) is 10.2. The van der Waals surface area contributed by atoms with Gasteiger partial charge in [0.1, 0.15) is 6.54 Å². The minimum absolute atomic E-state index is 0.151. The van der Waals surface area contributed by atoms with Gasteiger partial charge in [-0.2, -0.15) is 0 Å². The predicted octanol–water partition coefficient (Wildman–Crippen LogP) is 1.85. The lowest BCUT2D eigenvalue weighted by molar-refractivity contribution is -0.141. The van der Waals surface area contributed by atoms with Crippen LogP contribution in [0.5, 0.6) is 5.88 Å². The predicted molar refractivity (Wildman–Crippen MR) is 65.1 cm³/mol. The number of rotatable bonds is 7. The summed E-state index contributed by atoms with van der Waals surface area (Å²) in [6.45, 7) is 2.69. The molecule has 0 fully saturated rings. The summed E-state index contributed by atoms with van der Waals surface area (Å²) in [7, 11) is 1.56. The fourth-order valence-corrected chi connectivity index (χ4v) is 1.16. The molecule has 1 heterocycles. The SMILES string of the molecule is CCCCOC(=O)CNc1ccc(OC)nc1. The molecule has 0 aliphatic rings. The van der Waals surface area contributed by atoms with Gasteiger partial charge >= 0.3 is 5.97 Å². The molecular formula is C12H18N2O3. The van der Waals surface area contributed by atoms with Gasteiger partial charge in [-0.15, -0.1) is 0 Å². The summed E-state index contributed by atoms with van der Waals surface area (Å²) in [6, 6.07) is 3.52. The van der Waals surface area contributed by atoms with Crippen molar-refractivity contribution in [3.8, 4) is 5.88 Å². The van der Waals surface area contributed by atoms with Crippen molar-refractivity contribution in [2.45, 2.75) is 19.8 Å². The molecule has 5 heteroatoms. The number of ether oxygens (including phenoxy) is 2. The molecule has 0 aromatic carbocycles. The van der Waals surface area contributed by atoms with Crippen molar-refractivity contribution in [2.75, 3.05) is 25.6 Å². The van der Waals surface area contributed by atoms with Gasteiger partial charge in [0.25, 0.3) is 0 Å². The maximum absolute atomic E-state index is 11.3. The fraction of sp³-hybridized carbons (Fsp3) is 0.500. The number of carbonyl (C=O) groups is 1. The number of carbonyl (C=O) groups excluding carboxylic acids is 1. The maximum atomic E-state index is 11.3. The molecular weight excluding hydrogens is 220 g/mol. The molecule has 1 N–H and O–H groups in total. The average molecular weight is 238 g/mol. The summed E-state index contributed by atoms with van der Waals surface area (Å²) in [4.78, 5) is 15.3.